The topological polar surface area (TPSA) is 38.9 Å². The van der Waals surface area contributed by atoms with Gasteiger partial charge in [-0.05, 0) is 58.6 Å². The van der Waals surface area contributed by atoms with Crippen LogP contribution in [0.4, 0.5) is 8.78 Å². The Morgan fingerprint density at radius 3 is 2.53 bits per heavy atom. The number of nitrogens with zero attached hydrogens (tertiary/aromatic N) is 1. The van der Waals surface area contributed by atoms with E-state index < -0.39 is 17.7 Å². The summed E-state index contributed by atoms with van der Waals surface area (Å²) in [5.41, 5.74) is 6.87. The minimum Gasteiger partial charge on any atom is -0.324 e. The van der Waals surface area contributed by atoms with Gasteiger partial charge in [-0.2, -0.15) is 0 Å². The fraction of sp³-hybridized carbons (Fsp3) is 0.214. The van der Waals surface area contributed by atoms with Crippen LogP contribution in [0.3, 0.4) is 0 Å². The van der Waals surface area contributed by atoms with Crippen molar-refractivity contribution >= 4 is 15.9 Å². The number of rotatable bonds is 4. The molecule has 5 heteroatoms. The number of hydrogen-bond donors (Lipinski definition) is 1. The second-order valence-electron chi connectivity index (χ2n) is 4.26. The maximum absolute atomic E-state index is 13.9. The minimum absolute atomic E-state index is 0.0663. The van der Waals surface area contributed by atoms with Crippen molar-refractivity contribution in [1.82, 2.24) is 4.98 Å². The fourth-order valence-corrected chi connectivity index (χ4v) is 2.24. The molecule has 0 aliphatic heterocycles. The summed E-state index contributed by atoms with van der Waals surface area (Å²) in [6, 6.07) is 5.60. The van der Waals surface area contributed by atoms with Crippen LogP contribution < -0.4 is 5.73 Å². The van der Waals surface area contributed by atoms with Crippen LogP contribution in [0.1, 0.15) is 23.6 Å². The first-order valence-corrected chi connectivity index (χ1v) is 6.66. The van der Waals surface area contributed by atoms with Crippen molar-refractivity contribution in [2.75, 3.05) is 0 Å². The Labute approximate surface area is 118 Å². The van der Waals surface area contributed by atoms with Gasteiger partial charge in [0.2, 0.25) is 0 Å². The highest BCUT2D eigenvalue weighted by molar-refractivity contribution is 9.10. The zero-order chi connectivity index (χ0) is 13.8. The lowest BCUT2D eigenvalue weighted by Gasteiger charge is -2.14. The first-order chi connectivity index (χ1) is 9.09. The molecule has 0 bridgehead atoms. The van der Waals surface area contributed by atoms with E-state index in [9.17, 15) is 8.78 Å². The Morgan fingerprint density at radius 2 is 1.84 bits per heavy atom. The molecule has 1 atom stereocenters. The first kappa shape index (κ1) is 14.1. The van der Waals surface area contributed by atoms with Crippen molar-refractivity contribution in [3.63, 3.8) is 0 Å². The normalized spacial score (nSPS) is 12.4. The molecule has 100 valence electrons. The molecule has 19 heavy (non-hydrogen) atoms. The second-order valence-corrected chi connectivity index (χ2v) is 5.11. The number of pyridine rings is 1. The molecule has 0 aliphatic carbocycles. The zero-order valence-electron chi connectivity index (χ0n) is 10.1. The Bertz CT molecular complexity index is 561. The van der Waals surface area contributed by atoms with E-state index in [2.05, 4.69) is 20.9 Å². The van der Waals surface area contributed by atoms with Crippen molar-refractivity contribution in [1.29, 1.82) is 0 Å². The smallest absolute Gasteiger partial charge is 0.145 e. The summed E-state index contributed by atoms with van der Waals surface area (Å²) < 4.78 is 27.7. The van der Waals surface area contributed by atoms with Gasteiger partial charge < -0.3 is 5.73 Å². The Balaban J connectivity index is 2.12. The second kappa shape index (κ2) is 6.21. The van der Waals surface area contributed by atoms with Gasteiger partial charge in [-0.25, -0.2) is 8.78 Å². The number of hydrogen-bond acceptors (Lipinski definition) is 2. The number of aromatic nitrogens is 1. The lowest BCUT2D eigenvalue weighted by molar-refractivity contribution is 0.509. The minimum atomic E-state index is -0.675. The predicted molar refractivity (Wildman–Crippen MR) is 73.5 cm³/mol. The van der Waals surface area contributed by atoms with Crippen LogP contribution in [0, 0.1) is 11.6 Å². The molecular formula is C14H13BrF2N2. The molecule has 2 N–H and O–H groups in total. The molecular weight excluding hydrogens is 314 g/mol. The van der Waals surface area contributed by atoms with E-state index in [0.29, 0.717) is 12.8 Å². The van der Waals surface area contributed by atoms with Gasteiger partial charge in [-0.3, -0.25) is 4.98 Å². The average Bonchev–Trinajstić information content (AvgIpc) is 2.42. The van der Waals surface area contributed by atoms with Crippen molar-refractivity contribution in [2.45, 2.75) is 18.9 Å². The Morgan fingerprint density at radius 1 is 1.16 bits per heavy atom. The summed E-state index contributed by atoms with van der Waals surface area (Å²) >= 11 is 3.04. The SMILES string of the molecule is NC(CCc1ccncc1)c1c(F)ccc(Br)c1F. The maximum Gasteiger partial charge on any atom is 0.145 e. The molecule has 0 fully saturated rings. The van der Waals surface area contributed by atoms with Gasteiger partial charge in [-0.1, -0.05) is 0 Å². The molecule has 0 spiro atoms. The van der Waals surface area contributed by atoms with Crippen LogP contribution in [-0.4, -0.2) is 4.98 Å². The first-order valence-electron chi connectivity index (χ1n) is 5.87. The van der Waals surface area contributed by atoms with Crippen LogP contribution in [0.5, 0.6) is 0 Å². The molecule has 2 aromatic rings. The van der Waals surface area contributed by atoms with Gasteiger partial charge in [0, 0.05) is 24.0 Å². The largest absolute Gasteiger partial charge is 0.324 e. The Hall–Kier alpha value is -1.33. The van der Waals surface area contributed by atoms with E-state index >= 15 is 0 Å². The third-order valence-electron chi connectivity index (χ3n) is 2.94. The summed E-state index contributed by atoms with van der Waals surface area (Å²) in [6.07, 6.45) is 4.48. The van der Waals surface area contributed by atoms with Gasteiger partial charge in [0.25, 0.3) is 0 Å². The van der Waals surface area contributed by atoms with Crippen LogP contribution >= 0.6 is 15.9 Å². The van der Waals surface area contributed by atoms with Crippen molar-refractivity contribution in [3.8, 4) is 0 Å². The number of benzene rings is 1. The number of halogens is 3. The highest BCUT2D eigenvalue weighted by Gasteiger charge is 2.18. The van der Waals surface area contributed by atoms with E-state index in [0.717, 1.165) is 5.56 Å². The van der Waals surface area contributed by atoms with E-state index in [1.807, 2.05) is 12.1 Å². The third-order valence-corrected chi connectivity index (χ3v) is 3.56. The van der Waals surface area contributed by atoms with Crippen LogP contribution in [0.15, 0.2) is 41.1 Å². The summed E-state index contributed by atoms with van der Waals surface area (Å²) in [4.78, 5) is 3.91. The molecule has 0 aliphatic rings. The molecule has 1 aromatic carbocycles. The summed E-state index contributed by atoms with van der Waals surface area (Å²) in [5, 5.41) is 0. The lowest BCUT2D eigenvalue weighted by atomic mass is 9.99. The van der Waals surface area contributed by atoms with Crippen molar-refractivity contribution < 1.29 is 8.78 Å². The third kappa shape index (κ3) is 3.36. The predicted octanol–water partition coefficient (Wildman–Crippen LogP) is 3.75. The van der Waals surface area contributed by atoms with E-state index in [4.69, 9.17) is 5.73 Å². The van der Waals surface area contributed by atoms with Gasteiger partial charge in [0.1, 0.15) is 11.6 Å². The monoisotopic (exact) mass is 326 g/mol. The Kier molecular flexibility index (Phi) is 4.61. The highest BCUT2D eigenvalue weighted by atomic mass is 79.9. The van der Waals surface area contributed by atoms with Crippen molar-refractivity contribution in [3.05, 3.63) is 63.9 Å². The molecule has 2 rings (SSSR count). The van der Waals surface area contributed by atoms with Gasteiger partial charge >= 0.3 is 0 Å². The molecule has 0 amide bonds. The zero-order valence-corrected chi connectivity index (χ0v) is 11.7. The van der Waals surface area contributed by atoms with Crippen LogP contribution in [-0.2, 0) is 6.42 Å². The molecule has 0 radical (unpaired) electrons. The summed E-state index contributed by atoms with van der Waals surface area (Å²) in [5.74, 6) is -1.23. The standard InChI is InChI=1S/C14H13BrF2N2/c15-10-2-3-11(16)13(14(10)17)12(18)4-1-9-5-7-19-8-6-9/h2-3,5-8,12H,1,4,18H2. The molecule has 0 saturated heterocycles. The molecule has 1 unspecified atom stereocenters. The number of nitrogens with two attached hydrogens (primary N) is 1. The number of aryl methyl sites for hydroxylation is 1. The molecule has 1 aromatic heterocycles. The van der Waals surface area contributed by atoms with E-state index in [1.54, 1.807) is 12.4 Å². The van der Waals surface area contributed by atoms with Gasteiger partial charge in [0.15, 0.2) is 0 Å². The van der Waals surface area contributed by atoms with E-state index in [-0.39, 0.29) is 10.0 Å². The molecule has 0 saturated carbocycles. The van der Waals surface area contributed by atoms with E-state index in [1.165, 1.54) is 12.1 Å². The summed E-state index contributed by atoms with van der Waals surface area (Å²) in [6.45, 7) is 0. The van der Waals surface area contributed by atoms with Crippen molar-refractivity contribution in [2.24, 2.45) is 5.73 Å². The summed E-state index contributed by atoms with van der Waals surface area (Å²) in [7, 11) is 0. The van der Waals surface area contributed by atoms with Crippen LogP contribution in [0.2, 0.25) is 0 Å². The quantitative estimate of drug-likeness (QED) is 0.869. The average molecular weight is 327 g/mol. The van der Waals surface area contributed by atoms with Crippen LogP contribution in [0.25, 0.3) is 0 Å². The van der Waals surface area contributed by atoms with Gasteiger partial charge in [-0.15, -0.1) is 0 Å². The lowest BCUT2D eigenvalue weighted by Crippen LogP contribution is -2.15. The molecule has 2 nitrogen and oxygen atoms in total. The molecule has 1 heterocycles. The highest BCUT2D eigenvalue weighted by Crippen LogP contribution is 2.27. The van der Waals surface area contributed by atoms with Gasteiger partial charge in [0.05, 0.1) is 4.47 Å². The fourth-order valence-electron chi connectivity index (χ4n) is 1.90. The maximum atomic E-state index is 13.9.